The molecule has 5 heteroatoms. The van der Waals surface area contributed by atoms with E-state index in [1.807, 2.05) is 18.2 Å². The number of ether oxygens (including phenoxy) is 2. The van der Waals surface area contributed by atoms with E-state index in [4.69, 9.17) is 15.2 Å². The molecule has 2 aromatic carbocycles. The number of anilines is 1. The predicted octanol–water partition coefficient (Wildman–Crippen LogP) is 1.97. The van der Waals surface area contributed by atoms with Crippen molar-refractivity contribution < 1.29 is 14.3 Å². The van der Waals surface area contributed by atoms with Crippen molar-refractivity contribution >= 4 is 11.6 Å². The van der Waals surface area contributed by atoms with Crippen molar-refractivity contribution in [2.75, 3.05) is 19.1 Å². The van der Waals surface area contributed by atoms with Gasteiger partial charge in [0.15, 0.2) is 11.5 Å². The fraction of sp³-hybridized carbons (Fsp3) is 0.188. The van der Waals surface area contributed by atoms with Crippen LogP contribution in [-0.4, -0.2) is 19.2 Å². The van der Waals surface area contributed by atoms with Gasteiger partial charge in [-0.05, 0) is 36.2 Å². The molecule has 21 heavy (non-hydrogen) atoms. The number of benzene rings is 2. The lowest BCUT2D eigenvalue weighted by Gasteiger charge is -2.07. The summed E-state index contributed by atoms with van der Waals surface area (Å²) >= 11 is 0. The average molecular weight is 284 g/mol. The third-order valence-electron chi connectivity index (χ3n) is 3.34. The zero-order chi connectivity index (χ0) is 14.7. The van der Waals surface area contributed by atoms with Gasteiger partial charge in [0, 0.05) is 12.2 Å². The van der Waals surface area contributed by atoms with Crippen LogP contribution >= 0.6 is 0 Å². The Morgan fingerprint density at radius 3 is 2.81 bits per heavy atom. The van der Waals surface area contributed by atoms with Crippen molar-refractivity contribution in [2.24, 2.45) is 0 Å². The number of hydrogen-bond acceptors (Lipinski definition) is 4. The van der Waals surface area contributed by atoms with Crippen LogP contribution in [0.1, 0.15) is 15.9 Å². The molecule has 3 rings (SSSR count). The SMILES string of the molecule is Nc1ccccc1C(=O)NCCc1ccc2c(c1)OCO2. The molecule has 0 aromatic heterocycles. The lowest BCUT2D eigenvalue weighted by atomic mass is 10.1. The van der Waals surface area contributed by atoms with Crippen LogP contribution in [0.4, 0.5) is 5.69 Å². The number of para-hydroxylation sites is 1. The summed E-state index contributed by atoms with van der Waals surface area (Å²) in [6.45, 7) is 0.801. The van der Waals surface area contributed by atoms with E-state index in [2.05, 4.69) is 5.32 Å². The summed E-state index contributed by atoms with van der Waals surface area (Å²) < 4.78 is 10.6. The zero-order valence-electron chi connectivity index (χ0n) is 11.5. The highest BCUT2D eigenvalue weighted by atomic mass is 16.7. The number of carbonyl (C=O) groups is 1. The third-order valence-corrected chi connectivity index (χ3v) is 3.34. The Kier molecular flexibility index (Phi) is 3.64. The Morgan fingerprint density at radius 2 is 1.95 bits per heavy atom. The topological polar surface area (TPSA) is 73.6 Å². The highest BCUT2D eigenvalue weighted by Crippen LogP contribution is 2.32. The van der Waals surface area contributed by atoms with Crippen molar-refractivity contribution in [3.8, 4) is 11.5 Å². The van der Waals surface area contributed by atoms with E-state index in [0.29, 0.717) is 17.8 Å². The summed E-state index contributed by atoms with van der Waals surface area (Å²) in [5.41, 5.74) is 7.85. The van der Waals surface area contributed by atoms with E-state index in [1.54, 1.807) is 24.3 Å². The van der Waals surface area contributed by atoms with Crippen LogP contribution in [0.5, 0.6) is 11.5 Å². The Hall–Kier alpha value is -2.69. The first-order valence-electron chi connectivity index (χ1n) is 6.75. The Labute approximate surface area is 122 Å². The Morgan fingerprint density at radius 1 is 1.14 bits per heavy atom. The minimum Gasteiger partial charge on any atom is -0.454 e. The molecule has 5 nitrogen and oxygen atoms in total. The molecule has 0 aliphatic carbocycles. The number of nitrogens with one attached hydrogen (secondary N) is 1. The fourth-order valence-corrected chi connectivity index (χ4v) is 2.22. The summed E-state index contributed by atoms with van der Waals surface area (Å²) in [5.74, 6) is 1.36. The van der Waals surface area contributed by atoms with E-state index < -0.39 is 0 Å². The maximum Gasteiger partial charge on any atom is 0.253 e. The van der Waals surface area contributed by atoms with Gasteiger partial charge in [-0.2, -0.15) is 0 Å². The largest absolute Gasteiger partial charge is 0.454 e. The van der Waals surface area contributed by atoms with Gasteiger partial charge < -0.3 is 20.5 Å². The molecule has 1 aliphatic heterocycles. The molecule has 108 valence electrons. The second-order valence-electron chi connectivity index (χ2n) is 4.78. The van der Waals surface area contributed by atoms with Crippen molar-refractivity contribution in [1.29, 1.82) is 0 Å². The second kappa shape index (κ2) is 5.75. The molecule has 2 aromatic rings. The second-order valence-corrected chi connectivity index (χ2v) is 4.78. The van der Waals surface area contributed by atoms with Gasteiger partial charge in [0.1, 0.15) is 0 Å². The van der Waals surface area contributed by atoms with Crippen LogP contribution < -0.4 is 20.5 Å². The quantitative estimate of drug-likeness (QED) is 0.842. The molecule has 0 atom stereocenters. The van der Waals surface area contributed by atoms with Crippen LogP contribution in [0.2, 0.25) is 0 Å². The highest BCUT2D eigenvalue weighted by Gasteiger charge is 2.13. The van der Waals surface area contributed by atoms with E-state index >= 15 is 0 Å². The molecule has 1 amide bonds. The standard InChI is InChI=1S/C16H16N2O3/c17-13-4-2-1-3-12(13)16(19)18-8-7-11-5-6-14-15(9-11)21-10-20-14/h1-6,9H,7-8,10,17H2,(H,18,19). The lowest BCUT2D eigenvalue weighted by molar-refractivity contribution is 0.0955. The molecular weight excluding hydrogens is 268 g/mol. The molecule has 3 N–H and O–H groups in total. The molecule has 1 aliphatic rings. The van der Waals surface area contributed by atoms with Crippen LogP contribution in [0.15, 0.2) is 42.5 Å². The highest BCUT2D eigenvalue weighted by molar-refractivity contribution is 5.99. The maximum absolute atomic E-state index is 12.0. The van der Waals surface area contributed by atoms with Crippen LogP contribution in [0, 0.1) is 0 Å². The number of carbonyl (C=O) groups excluding carboxylic acids is 1. The van der Waals surface area contributed by atoms with Crippen molar-refractivity contribution in [3.63, 3.8) is 0 Å². The van der Waals surface area contributed by atoms with Gasteiger partial charge in [0.05, 0.1) is 5.56 Å². The van der Waals surface area contributed by atoms with Crippen LogP contribution in [-0.2, 0) is 6.42 Å². The number of amides is 1. The lowest BCUT2D eigenvalue weighted by Crippen LogP contribution is -2.26. The molecule has 0 unspecified atom stereocenters. The van der Waals surface area contributed by atoms with Crippen molar-refractivity contribution in [2.45, 2.75) is 6.42 Å². The number of rotatable bonds is 4. The molecular formula is C16H16N2O3. The van der Waals surface area contributed by atoms with E-state index in [9.17, 15) is 4.79 Å². The van der Waals surface area contributed by atoms with Gasteiger partial charge in [-0.3, -0.25) is 4.79 Å². The van der Waals surface area contributed by atoms with Gasteiger partial charge in [-0.25, -0.2) is 0 Å². The Bertz CT molecular complexity index is 670. The first kappa shape index (κ1) is 13.3. The summed E-state index contributed by atoms with van der Waals surface area (Å²) in [5, 5.41) is 2.86. The fourth-order valence-electron chi connectivity index (χ4n) is 2.22. The molecule has 0 bridgehead atoms. The summed E-state index contributed by atoms with van der Waals surface area (Å²) in [7, 11) is 0. The molecule has 0 saturated heterocycles. The van der Waals surface area contributed by atoms with Crippen LogP contribution in [0.25, 0.3) is 0 Å². The predicted molar refractivity (Wildman–Crippen MR) is 79.5 cm³/mol. The van der Waals surface area contributed by atoms with Crippen molar-refractivity contribution in [3.05, 3.63) is 53.6 Å². The van der Waals surface area contributed by atoms with Crippen LogP contribution in [0.3, 0.4) is 0 Å². The third kappa shape index (κ3) is 2.91. The first-order chi connectivity index (χ1) is 10.2. The average Bonchev–Trinajstić information content (AvgIpc) is 2.95. The van der Waals surface area contributed by atoms with E-state index in [-0.39, 0.29) is 12.7 Å². The number of nitrogen functional groups attached to an aromatic ring is 1. The zero-order valence-corrected chi connectivity index (χ0v) is 11.5. The first-order valence-corrected chi connectivity index (χ1v) is 6.75. The normalized spacial score (nSPS) is 12.2. The summed E-state index contributed by atoms with van der Waals surface area (Å²) in [4.78, 5) is 12.0. The minimum absolute atomic E-state index is 0.158. The maximum atomic E-state index is 12.0. The monoisotopic (exact) mass is 284 g/mol. The molecule has 0 fully saturated rings. The number of nitrogens with two attached hydrogens (primary N) is 1. The van der Waals surface area contributed by atoms with Gasteiger partial charge >= 0.3 is 0 Å². The summed E-state index contributed by atoms with van der Waals surface area (Å²) in [6, 6.07) is 12.8. The van der Waals surface area contributed by atoms with Crippen molar-refractivity contribution in [1.82, 2.24) is 5.32 Å². The smallest absolute Gasteiger partial charge is 0.253 e. The van der Waals surface area contributed by atoms with Gasteiger partial charge in [0.25, 0.3) is 5.91 Å². The molecule has 0 radical (unpaired) electrons. The number of hydrogen-bond donors (Lipinski definition) is 2. The molecule has 0 spiro atoms. The summed E-state index contributed by atoms with van der Waals surface area (Å²) in [6.07, 6.45) is 0.717. The van der Waals surface area contributed by atoms with E-state index in [1.165, 1.54) is 0 Å². The minimum atomic E-state index is -0.158. The van der Waals surface area contributed by atoms with Gasteiger partial charge in [0.2, 0.25) is 6.79 Å². The Balaban J connectivity index is 1.57. The van der Waals surface area contributed by atoms with Gasteiger partial charge in [-0.15, -0.1) is 0 Å². The van der Waals surface area contributed by atoms with Gasteiger partial charge in [-0.1, -0.05) is 18.2 Å². The molecule has 0 saturated carbocycles. The number of fused-ring (bicyclic) bond motifs is 1. The van der Waals surface area contributed by atoms with E-state index in [0.717, 1.165) is 23.5 Å². The molecule has 1 heterocycles.